The highest BCUT2D eigenvalue weighted by atomic mass is 32.2. The number of fused-ring (bicyclic) bond motifs is 4. The van der Waals surface area contributed by atoms with Crippen molar-refractivity contribution in [2.24, 2.45) is 0 Å². The van der Waals surface area contributed by atoms with Crippen molar-refractivity contribution in [2.75, 3.05) is 18.4 Å². The Balaban J connectivity index is 1.46. The predicted molar refractivity (Wildman–Crippen MR) is 120 cm³/mol. The summed E-state index contributed by atoms with van der Waals surface area (Å²) >= 11 is 0. The molecular formula is C24H27N3O2S. The normalized spacial score (nSPS) is 18.0. The van der Waals surface area contributed by atoms with Crippen LogP contribution in [0, 0.1) is 20.8 Å². The molecule has 3 aromatic rings. The van der Waals surface area contributed by atoms with Gasteiger partial charge in [-0.25, -0.2) is 8.42 Å². The molecule has 0 unspecified atom stereocenters. The van der Waals surface area contributed by atoms with Crippen LogP contribution in [-0.2, 0) is 15.6 Å². The molecule has 0 bridgehead atoms. The van der Waals surface area contributed by atoms with Gasteiger partial charge in [-0.15, -0.1) is 0 Å². The highest BCUT2D eigenvalue weighted by Crippen LogP contribution is 2.44. The number of rotatable bonds is 2. The lowest BCUT2D eigenvalue weighted by Crippen LogP contribution is -2.51. The molecule has 1 spiro atoms. The van der Waals surface area contributed by atoms with Crippen molar-refractivity contribution in [1.82, 2.24) is 8.87 Å². The zero-order chi connectivity index (χ0) is 21.1. The molecule has 30 heavy (non-hydrogen) atoms. The molecular weight excluding hydrogens is 394 g/mol. The number of hydrogen-bond acceptors (Lipinski definition) is 3. The molecule has 6 heteroatoms. The molecule has 5 rings (SSSR count). The number of nitrogens with zero attached hydrogens (tertiary/aromatic N) is 2. The molecule has 1 N–H and O–H groups in total. The van der Waals surface area contributed by atoms with E-state index in [0.717, 1.165) is 40.9 Å². The fraction of sp³-hybridized carbons (Fsp3) is 0.333. The van der Waals surface area contributed by atoms with E-state index >= 15 is 0 Å². The lowest BCUT2D eigenvalue weighted by atomic mass is 9.83. The summed E-state index contributed by atoms with van der Waals surface area (Å²) < 4.78 is 30.8. The van der Waals surface area contributed by atoms with Crippen molar-refractivity contribution in [3.63, 3.8) is 0 Å². The summed E-state index contributed by atoms with van der Waals surface area (Å²) in [7, 11) is -3.51. The first kappa shape index (κ1) is 19.4. The van der Waals surface area contributed by atoms with Crippen molar-refractivity contribution < 1.29 is 8.42 Å². The van der Waals surface area contributed by atoms with Crippen molar-refractivity contribution in [1.29, 1.82) is 0 Å². The smallest absolute Gasteiger partial charge is 0.243 e. The van der Waals surface area contributed by atoms with Gasteiger partial charge < -0.3 is 9.88 Å². The second-order valence-electron chi connectivity index (χ2n) is 8.59. The third kappa shape index (κ3) is 2.81. The molecule has 5 nitrogen and oxygen atoms in total. The Kier molecular flexibility index (Phi) is 4.35. The van der Waals surface area contributed by atoms with Gasteiger partial charge in [0.25, 0.3) is 0 Å². The second-order valence-corrected chi connectivity index (χ2v) is 10.5. The minimum atomic E-state index is -3.51. The molecule has 0 aliphatic carbocycles. The number of benzene rings is 2. The first-order valence-electron chi connectivity index (χ1n) is 10.5. The van der Waals surface area contributed by atoms with Crippen LogP contribution < -0.4 is 5.32 Å². The van der Waals surface area contributed by atoms with Crippen LogP contribution in [-0.4, -0.2) is 30.4 Å². The van der Waals surface area contributed by atoms with Gasteiger partial charge >= 0.3 is 0 Å². The molecule has 2 aromatic carbocycles. The molecule has 1 fully saturated rings. The van der Waals surface area contributed by atoms with Gasteiger partial charge in [-0.2, -0.15) is 4.31 Å². The number of aromatic nitrogens is 1. The fourth-order valence-electron chi connectivity index (χ4n) is 4.93. The topological polar surface area (TPSA) is 54.3 Å². The Morgan fingerprint density at radius 2 is 1.60 bits per heavy atom. The fourth-order valence-corrected chi connectivity index (χ4v) is 6.67. The van der Waals surface area contributed by atoms with Crippen LogP contribution in [0.25, 0.3) is 5.69 Å². The summed E-state index contributed by atoms with van der Waals surface area (Å²) in [6, 6.07) is 16.3. The number of piperidine rings is 1. The maximum Gasteiger partial charge on any atom is 0.243 e. The van der Waals surface area contributed by atoms with Crippen LogP contribution >= 0.6 is 0 Å². The Bertz CT molecular complexity index is 1240. The maximum atomic E-state index is 13.4. The van der Waals surface area contributed by atoms with E-state index < -0.39 is 10.0 Å². The first-order valence-corrected chi connectivity index (χ1v) is 11.9. The van der Waals surface area contributed by atoms with E-state index in [4.69, 9.17) is 0 Å². The van der Waals surface area contributed by atoms with Crippen LogP contribution in [0.3, 0.4) is 0 Å². The van der Waals surface area contributed by atoms with E-state index in [1.54, 1.807) is 4.31 Å². The lowest BCUT2D eigenvalue weighted by molar-refractivity contribution is 0.247. The first-order chi connectivity index (χ1) is 14.3. The summed E-state index contributed by atoms with van der Waals surface area (Å²) in [5.41, 5.74) is 6.15. The number of para-hydroxylation sites is 2. The van der Waals surface area contributed by atoms with E-state index in [-0.39, 0.29) is 5.54 Å². The highest BCUT2D eigenvalue weighted by Gasteiger charge is 2.44. The number of nitrogens with one attached hydrogen (secondary N) is 1. The minimum Gasteiger partial charge on any atom is -0.372 e. The largest absolute Gasteiger partial charge is 0.372 e. The Hall–Kier alpha value is -2.57. The monoisotopic (exact) mass is 421 g/mol. The number of anilines is 1. The predicted octanol–water partition coefficient (Wildman–Crippen LogP) is 4.51. The van der Waals surface area contributed by atoms with Crippen LogP contribution in [0.4, 0.5) is 5.69 Å². The van der Waals surface area contributed by atoms with Crippen molar-refractivity contribution in [3.05, 3.63) is 77.1 Å². The summed E-state index contributed by atoms with van der Waals surface area (Å²) in [6.07, 6.45) is 3.56. The summed E-state index contributed by atoms with van der Waals surface area (Å²) in [6.45, 7) is 6.86. The van der Waals surface area contributed by atoms with E-state index in [1.165, 1.54) is 5.69 Å². The molecule has 0 radical (unpaired) electrons. The van der Waals surface area contributed by atoms with Gasteiger partial charge in [0.1, 0.15) is 0 Å². The Morgan fingerprint density at radius 1 is 0.900 bits per heavy atom. The van der Waals surface area contributed by atoms with Crippen molar-refractivity contribution in [2.45, 2.75) is 44.0 Å². The molecule has 156 valence electrons. The lowest BCUT2D eigenvalue weighted by Gasteiger charge is -2.46. The van der Waals surface area contributed by atoms with Gasteiger partial charge in [-0.3, -0.25) is 0 Å². The van der Waals surface area contributed by atoms with Gasteiger partial charge in [0.2, 0.25) is 10.0 Å². The average Bonchev–Trinajstić information content (AvgIpc) is 3.22. The summed E-state index contributed by atoms with van der Waals surface area (Å²) in [5.74, 6) is 0. The van der Waals surface area contributed by atoms with Crippen LogP contribution in [0.1, 0.15) is 35.2 Å². The van der Waals surface area contributed by atoms with Gasteiger partial charge in [0.15, 0.2) is 0 Å². The van der Waals surface area contributed by atoms with Crippen molar-refractivity contribution in [3.8, 4) is 5.69 Å². The summed E-state index contributed by atoms with van der Waals surface area (Å²) in [4.78, 5) is 0.437. The number of aryl methyl sites for hydroxylation is 3. The molecule has 2 aliphatic rings. The Labute approximate surface area is 178 Å². The molecule has 1 saturated heterocycles. The highest BCUT2D eigenvalue weighted by molar-refractivity contribution is 7.89. The van der Waals surface area contributed by atoms with Crippen LogP contribution in [0.5, 0.6) is 0 Å². The maximum absolute atomic E-state index is 13.4. The number of sulfonamides is 1. The van der Waals surface area contributed by atoms with Crippen molar-refractivity contribution >= 4 is 15.7 Å². The van der Waals surface area contributed by atoms with Gasteiger partial charge in [0, 0.05) is 25.0 Å². The molecule has 0 atom stereocenters. The molecule has 1 aromatic heterocycles. The zero-order valence-corrected chi connectivity index (χ0v) is 18.5. The van der Waals surface area contributed by atoms with E-state index in [0.29, 0.717) is 18.0 Å². The Morgan fingerprint density at radius 3 is 2.37 bits per heavy atom. The SMILES string of the molecule is Cc1cc(C)c(S(=O)(=O)N2CCC3(CC2)Nc2ccccc2-n2cccc23)cc1C. The molecule has 0 amide bonds. The van der Waals surface area contributed by atoms with Gasteiger partial charge in [0.05, 0.1) is 21.8 Å². The van der Waals surface area contributed by atoms with E-state index in [9.17, 15) is 8.42 Å². The molecule has 2 aliphatic heterocycles. The summed E-state index contributed by atoms with van der Waals surface area (Å²) in [5, 5.41) is 3.75. The quantitative estimate of drug-likeness (QED) is 0.662. The molecule has 3 heterocycles. The standard InChI is InChI=1S/C24H27N3O2S/c1-17-15-19(3)22(16-18(17)2)30(28,29)26-13-10-24(11-14-26)23-9-6-12-27(23)21-8-5-4-7-20(21)25-24/h4-9,12,15-16,25H,10-11,13-14H2,1-3H3. The van der Waals surface area contributed by atoms with Crippen LogP contribution in [0.15, 0.2) is 59.6 Å². The van der Waals surface area contributed by atoms with Gasteiger partial charge in [-0.1, -0.05) is 18.2 Å². The number of hydrogen-bond donors (Lipinski definition) is 1. The van der Waals surface area contributed by atoms with Gasteiger partial charge in [-0.05, 0) is 80.6 Å². The van der Waals surface area contributed by atoms with E-state index in [1.807, 2.05) is 45.0 Å². The second kappa shape index (κ2) is 6.72. The molecule has 0 saturated carbocycles. The van der Waals surface area contributed by atoms with E-state index in [2.05, 4.69) is 40.3 Å². The third-order valence-corrected chi connectivity index (χ3v) is 8.80. The zero-order valence-electron chi connectivity index (χ0n) is 17.6. The minimum absolute atomic E-state index is 0.248. The third-order valence-electron chi connectivity index (χ3n) is 6.76. The average molecular weight is 422 g/mol. The van der Waals surface area contributed by atoms with Crippen LogP contribution in [0.2, 0.25) is 0 Å².